The summed E-state index contributed by atoms with van der Waals surface area (Å²) >= 11 is 3.01. The van der Waals surface area contributed by atoms with E-state index in [1.54, 1.807) is 40.6 Å². The molecule has 17 heteroatoms. The highest BCUT2D eigenvalue weighted by Crippen LogP contribution is 2.34. The number of aromatic nitrogens is 5. The monoisotopic (exact) mass is 888 g/mol. The van der Waals surface area contributed by atoms with Gasteiger partial charge in [0.05, 0.1) is 34.0 Å². The van der Waals surface area contributed by atoms with Crippen LogP contribution in [-0.4, -0.2) is 90.2 Å². The molecule has 1 aromatic carbocycles. The molecule has 0 unspecified atom stereocenters. The third-order valence-electron chi connectivity index (χ3n) is 11.9. The number of nitrogens with one attached hydrogen (secondary N) is 4. The fraction of sp³-hybridized carbons (Fsp3) is 0.391. The Hall–Kier alpha value is -6.04. The summed E-state index contributed by atoms with van der Waals surface area (Å²) < 4.78 is 0. The molecule has 1 saturated carbocycles. The summed E-state index contributed by atoms with van der Waals surface area (Å²) in [5.41, 5.74) is 5.12. The van der Waals surface area contributed by atoms with Crippen LogP contribution in [0.1, 0.15) is 81.4 Å². The molecule has 63 heavy (non-hydrogen) atoms. The average molecular weight is 889 g/mol. The molecule has 2 fully saturated rings. The van der Waals surface area contributed by atoms with E-state index in [2.05, 4.69) is 35.5 Å². The van der Waals surface area contributed by atoms with E-state index in [0.717, 1.165) is 71.5 Å². The molecule has 10 rings (SSSR count). The Morgan fingerprint density at radius 2 is 1.62 bits per heavy atom. The van der Waals surface area contributed by atoms with Gasteiger partial charge in [-0.1, -0.05) is 37.8 Å². The lowest BCUT2D eigenvalue weighted by atomic mass is 9.97. The second-order valence-electron chi connectivity index (χ2n) is 16.2. The molecule has 4 aliphatic rings. The molecule has 5 aromatic heterocycles. The number of amides is 4. The third-order valence-corrected chi connectivity index (χ3v) is 14.1. The molecule has 1 saturated heterocycles. The van der Waals surface area contributed by atoms with Gasteiger partial charge >= 0.3 is 6.03 Å². The fourth-order valence-corrected chi connectivity index (χ4v) is 10.3. The summed E-state index contributed by atoms with van der Waals surface area (Å²) in [7, 11) is 0. The number of nitrogens with zero attached hydrogens (tertiary/aromatic N) is 6. The van der Waals surface area contributed by atoms with Crippen molar-refractivity contribution in [1.82, 2.24) is 44.9 Å². The van der Waals surface area contributed by atoms with Gasteiger partial charge in [-0.25, -0.2) is 14.8 Å². The number of aryl methyl sites for hydroxylation is 3. The third kappa shape index (κ3) is 9.95. The number of thiophene rings is 2. The minimum atomic E-state index is -0.161. The number of urea groups is 1. The SMILES string of the molecule is C.Cc1ccccc1CNC(=O)N1CCc2c(nc(-c3ccccn3)[nH]c2=O)C1.O=C(Nc1ccc(C(=O)N2CCN(Cc3nc4sc5c(c4c(=O)[nH]3)CCCC5)CC2)s1)C1CC1. The van der Waals surface area contributed by atoms with Crippen LogP contribution >= 0.6 is 22.7 Å². The van der Waals surface area contributed by atoms with Crippen LogP contribution in [0.15, 0.2) is 70.4 Å². The molecule has 0 radical (unpaired) electrons. The summed E-state index contributed by atoms with van der Waals surface area (Å²) in [5.74, 6) is 1.33. The molecular weight excluding hydrogens is 837 g/mol. The smallest absolute Gasteiger partial charge is 0.318 e. The Balaban J connectivity index is 0.000000173. The molecule has 2 aliphatic heterocycles. The number of fused-ring (bicyclic) bond motifs is 4. The molecule has 7 heterocycles. The predicted octanol–water partition coefficient (Wildman–Crippen LogP) is 6.28. The van der Waals surface area contributed by atoms with Crippen molar-refractivity contribution in [1.29, 1.82) is 0 Å². The van der Waals surface area contributed by atoms with Gasteiger partial charge < -0.3 is 30.4 Å². The molecule has 15 nitrogen and oxygen atoms in total. The summed E-state index contributed by atoms with van der Waals surface area (Å²) in [6.45, 7) is 6.56. The first-order valence-electron chi connectivity index (χ1n) is 21.2. The Morgan fingerprint density at radius 3 is 2.40 bits per heavy atom. The zero-order chi connectivity index (χ0) is 42.7. The largest absolute Gasteiger partial charge is 0.335 e. The minimum Gasteiger partial charge on any atom is -0.335 e. The molecule has 0 spiro atoms. The first-order chi connectivity index (χ1) is 30.2. The summed E-state index contributed by atoms with van der Waals surface area (Å²) in [5, 5.41) is 7.41. The van der Waals surface area contributed by atoms with Crippen LogP contribution in [-0.2, 0) is 43.7 Å². The van der Waals surface area contributed by atoms with E-state index in [9.17, 15) is 24.0 Å². The van der Waals surface area contributed by atoms with E-state index in [0.29, 0.717) is 79.2 Å². The van der Waals surface area contributed by atoms with Crippen LogP contribution in [0.25, 0.3) is 21.7 Å². The van der Waals surface area contributed by atoms with E-state index in [1.165, 1.54) is 28.2 Å². The van der Waals surface area contributed by atoms with Crippen LogP contribution in [0.4, 0.5) is 9.80 Å². The Morgan fingerprint density at radius 1 is 0.825 bits per heavy atom. The lowest BCUT2D eigenvalue weighted by Gasteiger charge is -2.34. The average Bonchev–Trinajstić information content (AvgIpc) is 3.93. The number of anilines is 1. The quantitative estimate of drug-likeness (QED) is 0.136. The van der Waals surface area contributed by atoms with E-state index in [1.807, 2.05) is 48.2 Å². The maximum Gasteiger partial charge on any atom is 0.318 e. The first-order valence-corrected chi connectivity index (χ1v) is 22.9. The summed E-state index contributed by atoms with van der Waals surface area (Å²) in [4.78, 5) is 90.8. The van der Waals surface area contributed by atoms with Gasteiger partial charge in [-0.2, -0.15) is 0 Å². The fourth-order valence-electron chi connectivity index (χ4n) is 8.18. The van der Waals surface area contributed by atoms with Crippen LogP contribution in [0, 0.1) is 12.8 Å². The lowest BCUT2D eigenvalue weighted by Crippen LogP contribution is -2.48. The first kappa shape index (κ1) is 43.6. The van der Waals surface area contributed by atoms with Gasteiger partial charge in [0.2, 0.25) is 5.91 Å². The predicted molar refractivity (Wildman–Crippen MR) is 246 cm³/mol. The number of pyridine rings is 1. The van der Waals surface area contributed by atoms with Crippen molar-refractivity contribution >= 4 is 55.7 Å². The van der Waals surface area contributed by atoms with E-state index >= 15 is 0 Å². The van der Waals surface area contributed by atoms with Crippen LogP contribution in [0.3, 0.4) is 0 Å². The molecule has 0 bridgehead atoms. The Labute approximate surface area is 373 Å². The van der Waals surface area contributed by atoms with Crippen molar-refractivity contribution in [2.24, 2.45) is 5.92 Å². The standard InChI is InChI=1S/C24H27N5O3S2.C21H21N5O2.CH4/c30-21(14-5-6-14)27-19-8-7-17(33-19)24(32)29-11-9-28(10-12-29)13-18-25-22(31)20-15-3-1-2-4-16(15)34-23(20)26-18;1-14-6-2-3-7-15(14)12-23-21(28)26-11-9-16-18(13-26)24-19(25-20(16)27)17-8-4-5-10-22-17;/h7-8,14H,1-6,9-13H2,(H,27,30)(H,25,26,31);2-8,10H,9,11-13H2,1H3,(H,23,28)(H,24,25,27);1H4. The second-order valence-corrected chi connectivity index (χ2v) is 18.4. The zero-order valence-corrected chi connectivity index (χ0v) is 36.1. The molecule has 2 aliphatic carbocycles. The normalized spacial score (nSPS) is 16.0. The number of H-pyrrole nitrogens is 2. The lowest BCUT2D eigenvalue weighted by molar-refractivity contribution is -0.117. The van der Waals surface area contributed by atoms with Crippen molar-refractivity contribution in [3.8, 4) is 11.5 Å². The van der Waals surface area contributed by atoms with Gasteiger partial charge in [0.1, 0.15) is 16.3 Å². The number of hydrogen-bond acceptors (Lipinski definition) is 11. The highest BCUT2D eigenvalue weighted by Gasteiger charge is 2.31. The zero-order valence-electron chi connectivity index (χ0n) is 34.5. The van der Waals surface area contributed by atoms with Crippen molar-refractivity contribution in [2.45, 2.75) is 78.9 Å². The second kappa shape index (κ2) is 19.1. The number of hydrogen-bond donors (Lipinski definition) is 4. The van der Waals surface area contributed by atoms with Crippen LogP contribution in [0.2, 0.25) is 0 Å². The van der Waals surface area contributed by atoms with Gasteiger partial charge in [0.15, 0.2) is 5.82 Å². The Kier molecular flexibility index (Phi) is 13.3. The number of carbonyl (C=O) groups excluding carboxylic acids is 3. The highest BCUT2D eigenvalue weighted by molar-refractivity contribution is 7.19. The molecule has 0 atom stereocenters. The van der Waals surface area contributed by atoms with E-state index in [-0.39, 0.29) is 42.3 Å². The number of benzene rings is 1. The number of carbonyl (C=O) groups is 3. The Bertz CT molecular complexity index is 2750. The van der Waals surface area contributed by atoms with Gasteiger partial charge in [-0.15, -0.1) is 22.7 Å². The summed E-state index contributed by atoms with van der Waals surface area (Å²) in [6, 6.07) is 16.9. The van der Waals surface area contributed by atoms with Gasteiger partial charge in [0, 0.05) is 61.8 Å². The maximum absolute atomic E-state index is 12.9. The highest BCUT2D eigenvalue weighted by atomic mass is 32.1. The molecular formula is C46H52N10O5S2. The van der Waals surface area contributed by atoms with Crippen LogP contribution < -0.4 is 21.8 Å². The van der Waals surface area contributed by atoms with E-state index in [4.69, 9.17) is 4.98 Å². The van der Waals surface area contributed by atoms with Crippen molar-refractivity contribution in [3.05, 3.63) is 125 Å². The molecule has 4 amide bonds. The minimum absolute atomic E-state index is 0. The van der Waals surface area contributed by atoms with Crippen molar-refractivity contribution in [3.63, 3.8) is 0 Å². The molecule has 6 aromatic rings. The van der Waals surface area contributed by atoms with Crippen molar-refractivity contribution in [2.75, 3.05) is 38.0 Å². The number of rotatable bonds is 8. The van der Waals surface area contributed by atoms with Gasteiger partial charge in [-0.05, 0) is 92.8 Å². The number of aromatic amines is 2. The van der Waals surface area contributed by atoms with Gasteiger partial charge in [0.25, 0.3) is 17.0 Å². The summed E-state index contributed by atoms with van der Waals surface area (Å²) in [6.07, 6.45) is 8.42. The van der Waals surface area contributed by atoms with Gasteiger partial charge in [-0.3, -0.25) is 29.1 Å². The topological polar surface area (TPSA) is 189 Å². The molecule has 4 N–H and O–H groups in total. The molecule has 328 valence electrons. The van der Waals surface area contributed by atoms with Crippen molar-refractivity contribution < 1.29 is 14.4 Å². The maximum atomic E-state index is 12.9. The number of piperazine rings is 1. The van der Waals surface area contributed by atoms with Crippen LogP contribution in [0.5, 0.6) is 0 Å². The van der Waals surface area contributed by atoms with E-state index < -0.39 is 0 Å².